The zero-order chi connectivity index (χ0) is 41.5. The summed E-state index contributed by atoms with van der Waals surface area (Å²) in [4.78, 5) is 0. The highest BCUT2D eigenvalue weighted by Gasteiger charge is 2.70. The van der Waals surface area contributed by atoms with Crippen molar-refractivity contribution in [3.05, 3.63) is 11.6 Å². The molecular formula is C42H72O14. The summed E-state index contributed by atoms with van der Waals surface area (Å²) in [6.45, 7) is 15.7. The molecule has 3 saturated carbocycles. The lowest BCUT2D eigenvalue weighted by Gasteiger charge is -2.67. The second-order valence-corrected chi connectivity index (χ2v) is 20.2. The maximum absolute atomic E-state index is 12.5. The van der Waals surface area contributed by atoms with Gasteiger partial charge in [-0.3, -0.25) is 0 Å². The Kier molecular flexibility index (Phi) is 12.7. The molecule has 0 spiro atoms. The van der Waals surface area contributed by atoms with Crippen molar-refractivity contribution < 1.29 is 70.0 Å². The van der Waals surface area contributed by atoms with Crippen LogP contribution >= 0.6 is 0 Å². The fraction of sp³-hybridized carbons (Fsp3) is 0.952. The van der Waals surface area contributed by atoms with E-state index in [9.17, 15) is 51.1 Å². The van der Waals surface area contributed by atoms with Crippen molar-refractivity contribution in [1.82, 2.24) is 0 Å². The zero-order valence-corrected chi connectivity index (χ0v) is 34.6. The van der Waals surface area contributed by atoms with Crippen LogP contribution in [0.15, 0.2) is 11.6 Å². The van der Waals surface area contributed by atoms with E-state index in [1.165, 1.54) is 5.57 Å². The molecule has 56 heavy (non-hydrogen) atoms. The molecular weight excluding hydrogens is 728 g/mol. The Morgan fingerprint density at radius 3 is 1.91 bits per heavy atom. The molecule has 14 nitrogen and oxygen atoms in total. The van der Waals surface area contributed by atoms with Gasteiger partial charge in [0.1, 0.15) is 48.8 Å². The third-order valence-corrected chi connectivity index (χ3v) is 16.6. The third kappa shape index (κ3) is 7.16. The van der Waals surface area contributed by atoms with Crippen LogP contribution in [0.5, 0.6) is 0 Å². The Hall–Kier alpha value is -0.820. The number of aliphatic hydroxyl groups excluding tert-OH is 9. The van der Waals surface area contributed by atoms with Gasteiger partial charge in [0.2, 0.25) is 0 Å². The Labute approximate surface area is 331 Å². The second kappa shape index (κ2) is 15.9. The average Bonchev–Trinajstić information content (AvgIpc) is 3.40. The largest absolute Gasteiger partial charge is 0.394 e. The molecule has 6 aliphatic rings. The van der Waals surface area contributed by atoms with Crippen LogP contribution in [0.4, 0.5) is 0 Å². The predicted molar refractivity (Wildman–Crippen MR) is 202 cm³/mol. The van der Waals surface area contributed by atoms with Crippen molar-refractivity contribution in [2.24, 2.45) is 45.3 Å². The van der Waals surface area contributed by atoms with Crippen LogP contribution in [0.1, 0.15) is 107 Å². The van der Waals surface area contributed by atoms with E-state index in [1.807, 2.05) is 0 Å². The summed E-state index contributed by atoms with van der Waals surface area (Å²) in [6, 6.07) is 0. The number of hydrogen-bond acceptors (Lipinski definition) is 14. The van der Waals surface area contributed by atoms with Gasteiger partial charge in [-0.05, 0) is 99.7 Å². The monoisotopic (exact) mass is 800 g/mol. The summed E-state index contributed by atoms with van der Waals surface area (Å²) in [5, 5.41) is 106. The van der Waals surface area contributed by atoms with E-state index in [1.54, 1.807) is 13.8 Å². The molecule has 0 aromatic heterocycles. The summed E-state index contributed by atoms with van der Waals surface area (Å²) in [5.41, 5.74) is -1.23. The Balaban J connectivity index is 1.17. The number of rotatable bonds is 11. The molecule has 0 aromatic carbocycles. The van der Waals surface area contributed by atoms with E-state index in [0.29, 0.717) is 25.7 Å². The topological polar surface area (TPSA) is 239 Å². The molecule has 2 saturated heterocycles. The average molecular weight is 801 g/mol. The zero-order valence-electron chi connectivity index (χ0n) is 34.6. The lowest BCUT2D eigenvalue weighted by molar-refractivity contribution is -0.322. The van der Waals surface area contributed by atoms with Gasteiger partial charge in [-0.1, -0.05) is 53.2 Å². The first-order valence-electron chi connectivity index (χ1n) is 21.0. The van der Waals surface area contributed by atoms with E-state index < -0.39 is 103 Å². The van der Waals surface area contributed by atoms with Crippen molar-refractivity contribution in [3.63, 3.8) is 0 Å². The Morgan fingerprint density at radius 1 is 0.768 bits per heavy atom. The maximum atomic E-state index is 12.5. The summed E-state index contributed by atoms with van der Waals surface area (Å²) in [7, 11) is 0. The van der Waals surface area contributed by atoms with Crippen LogP contribution in [0, 0.1) is 45.3 Å². The fourth-order valence-corrected chi connectivity index (χ4v) is 12.8. The number of ether oxygens (including phenoxy) is 4. The number of fused-ring (bicyclic) bond motifs is 5. The van der Waals surface area contributed by atoms with Crippen LogP contribution in [0.3, 0.4) is 0 Å². The van der Waals surface area contributed by atoms with Gasteiger partial charge in [0.15, 0.2) is 12.6 Å². The molecule has 6 rings (SSSR count). The van der Waals surface area contributed by atoms with Crippen molar-refractivity contribution >= 4 is 0 Å². The first-order chi connectivity index (χ1) is 26.0. The Morgan fingerprint density at radius 2 is 1.34 bits per heavy atom. The summed E-state index contributed by atoms with van der Waals surface area (Å²) in [6.07, 6.45) is -7.19. The van der Waals surface area contributed by atoms with Crippen molar-refractivity contribution in [2.45, 2.75) is 192 Å². The molecule has 2 heterocycles. The van der Waals surface area contributed by atoms with Crippen LogP contribution in [0.2, 0.25) is 0 Å². The van der Waals surface area contributed by atoms with Crippen LogP contribution in [-0.4, -0.2) is 150 Å². The molecule has 324 valence electrons. The van der Waals surface area contributed by atoms with E-state index in [-0.39, 0.29) is 40.6 Å². The van der Waals surface area contributed by atoms with E-state index in [4.69, 9.17) is 18.9 Å². The summed E-state index contributed by atoms with van der Waals surface area (Å²) < 4.78 is 23.9. The highest BCUT2D eigenvalue weighted by atomic mass is 16.7. The van der Waals surface area contributed by atoms with Gasteiger partial charge in [0.05, 0.1) is 37.1 Å². The minimum absolute atomic E-state index is 0.0712. The van der Waals surface area contributed by atoms with E-state index >= 15 is 0 Å². The molecule has 0 unspecified atom stereocenters. The smallest absolute Gasteiger partial charge is 0.187 e. The van der Waals surface area contributed by atoms with Gasteiger partial charge >= 0.3 is 0 Å². The summed E-state index contributed by atoms with van der Waals surface area (Å²) in [5.74, 6) is 0.800. The van der Waals surface area contributed by atoms with Crippen LogP contribution in [-0.2, 0) is 18.9 Å². The molecule has 0 aromatic rings. The van der Waals surface area contributed by atoms with E-state index in [0.717, 1.165) is 25.7 Å². The molecule has 0 amide bonds. The molecule has 5 fully saturated rings. The number of aliphatic hydroxyl groups is 10. The quantitative estimate of drug-likeness (QED) is 0.132. The van der Waals surface area contributed by atoms with Gasteiger partial charge in [-0.15, -0.1) is 0 Å². The molecule has 4 aliphatic carbocycles. The standard InChI is InChI=1S/C42H72O14/c1-20(9-13-29(39(4,5)52)56-37-35(51)33(49)31(47)25(19-44)54-37)21-15-16-40(6)26-12-10-22-23(42(26,8)27(45)17-41(21,40)7)11-14-28(38(22,2)3)55-36-34(50)32(48)30(46)24(18-43)53-36/h10,20-21,23-37,43-52H,9,11-19H2,1-8H3/t20-,21-,23-,24-,25-,26-,27-,28+,29-,30-,31-,32+,33+,34-,35-,36+,37+,40+,41-,42+/m1/s1. The van der Waals surface area contributed by atoms with Crippen molar-refractivity contribution in [3.8, 4) is 0 Å². The van der Waals surface area contributed by atoms with Crippen molar-refractivity contribution in [2.75, 3.05) is 13.2 Å². The summed E-state index contributed by atoms with van der Waals surface area (Å²) >= 11 is 0. The Bertz CT molecular complexity index is 1400. The normalized spacial score (nSPS) is 50.3. The van der Waals surface area contributed by atoms with Gasteiger partial charge in [-0.2, -0.15) is 0 Å². The highest BCUT2D eigenvalue weighted by Crippen LogP contribution is 2.75. The van der Waals surface area contributed by atoms with Crippen LogP contribution in [0.25, 0.3) is 0 Å². The van der Waals surface area contributed by atoms with Gasteiger partial charge in [0, 0.05) is 10.8 Å². The first-order valence-corrected chi connectivity index (χ1v) is 21.0. The molecule has 0 bridgehead atoms. The highest BCUT2D eigenvalue weighted by molar-refractivity contribution is 5.32. The fourth-order valence-electron chi connectivity index (χ4n) is 12.8. The van der Waals surface area contributed by atoms with Gasteiger partial charge in [0.25, 0.3) is 0 Å². The van der Waals surface area contributed by atoms with Gasteiger partial charge in [-0.25, -0.2) is 0 Å². The third-order valence-electron chi connectivity index (χ3n) is 16.6. The molecule has 0 radical (unpaired) electrons. The molecule has 2 aliphatic heterocycles. The first kappa shape index (κ1) is 44.7. The number of hydrogen-bond donors (Lipinski definition) is 10. The molecule has 20 atom stereocenters. The van der Waals surface area contributed by atoms with Crippen molar-refractivity contribution in [1.29, 1.82) is 0 Å². The molecule has 10 N–H and O–H groups in total. The minimum atomic E-state index is -1.58. The second-order valence-electron chi connectivity index (χ2n) is 20.2. The maximum Gasteiger partial charge on any atom is 0.187 e. The van der Waals surface area contributed by atoms with Crippen LogP contribution < -0.4 is 0 Å². The molecule has 14 heteroatoms. The van der Waals surface area contributed by atoms with Gasteiger partial charge < -0.3 is 70.0 Å². The lowest BCUT2D eigenvalue weighted by Crippen LogP contribution is -2.65. The SMILES string of the molecule is C[C@H](CC[C@@H](O[C@@H]1O[C@H](CO)[C@@H](O)[C@H](O)[C@H]1O)C(C)(C)O)[C@H]1CC[C@@]2(C)[C@H]3CC=C4[C@@H](CC[C@H](O[C@@H]5O[C@H](CO)[C@@H](O)[C@H](O)[C@H]5O)C4(C)C)[C@]3(C)[C@H](O)C[C@]12C. The number of allylic oxidation sites excluding steroid dienone is 1. The predicted octanol–water partition coefficient (Wildman–Crippen LogP) is 1.12. The minimum Gasteiger partial charge on any atom is -0.394 e. The lowest BCUT2D eigenvalue weighted by atomic mass is 9.38. The van der Waals surface area contributed by atoms with E-state index in [2.05, 4.69) is 47.6 Å².